The first-order chi connectivity index (χ1) is 6.22. The number of nitrogens with one attached hydrogen (secondary N) is 1. The zero-order valence-electron chi connectivity index (χ0n) is 8.17. The van der Waals surface area contributed by atoms with Gasteiger partial charge >= 0.3 is 5.97 Å². The third-order valence-electron chi connectivity index (χ3n) is 1.25. The molecule has 0 aromatic rings. The topological polar surface area (TPSA) is 40.3 Å². The second-order valence-corrected chi connectivity index (χ2v) is 2.33. The van der Waals surface area contributed by atoms with E-state index in [0.29, 0.717) is 12.2 Å². The summed E-state index contributed by atoms with van der Waals surface area (Å²) in [6.45, 7) is 8.55. The van der Waals surface area contributed by atoms with Crippen LogP contribution in [0.4, 0.5) is 0 Å². The number of carbonyl (C=O) groups excluding carboxylic acids is 1. The molecular weight excluding hydrogens is 166 g/mol. The molecule has 0 rings (SSSR count). The zero-order valence-corrected chi connectivity index (χ0v) is 8.17. The van der Waals surface area contributed by atoms with Crippen molar-refractivity contribution < 1.29 is 14.5 Å². The van der Waals surface area contributed by atoms with Crippen molar-refractivity contribution in [3.8, 4) is 0 Å². The fraction of sp³-hybridized carbons (Fsp3) is 0.400. The summed E-state index contributed by atoms with van der Waals surface area (Å²) in [6, 6.07) is 0. The van der Waals surface area contributed by atoms with Crippen LogP contribution in [-0.4, -0.2) is 25.3 Å². The largest absolute Gasteiger partial charge is 0.462 e. The molecule has 0 aliphatic heterocycles. The van der Waals surface area contributed by atoms with Gasteiger partial charge in [0.05, 0.1) is 12.2 Å². The molecule has 0 aliphatic rings. The molecule has 0 heterocycles. The smallest absolute Gasteiger partial charge is 0.337 e. The lowest BCUT2D eigenvalue weighted by atomic mass is 10.3. The van der Waals surface area contributed by atoms with Gasteiger partial charge in [-0.15, -0.1) is 0 Å². The second-order valence-electron chi connectivity index (χ2n) is 2.33. The van der Waals surface area contributed by atoms with Gasteiger partial charge in [0, 0.05) is 6.08 Å². The maximum absolute atomic E-state index is 11.0. The number of carbonyl (C=O) groups is 1. The van der Waals surface area contributed by atoms with Crippen LogP contribution in [0.1, 0.15) is 13.8 Å². The van der Waals surface area contributed by atoms with Crippen molar-refractivity contribution in [2.75, 3.05) is 13.2 Å². The first-order valence-corrected chi connectivity index (χ1v) is 4.31. The highest BCUT2D eigenvalue weighted by molar-refractivity contribution is 5.91. The molecule has 13 heavy (non-hydrogen) atoms. The van der Waals surface area contributed by atoms with Crippen molar-refractivity contribution >= 4 is 12.2 Å². The highest BCUT2D eigenvalue weighted by Crippen LogP contribution is 1.95. The molecule has 0 atom stereocenters. The molecule has 3 heteroatoms. The Bertz CT molecular complexity index is 229. The molecule has 0 radical (unpaired) electrons. The highest BCUT2D eigenvalue weighted by Gasteiger charge is 2.02. The molecule has 3 nitrogen and oxygen atoms in total. The quantitative estimate of drug-likeness (QED) is 0.277. The Balaban J connectivity index is 3.92. The predicted octanol–water partition coefficient (Wildman–Crippen LogP) is -0.167. The number of ether oxygens (including phenoxy) is 1. The Hall–Kier alpha value is -1.38. The van der Waals surface area contributed by atoms with Crippen LogP contribution in [-0.2, 0) is 9.53 Å². The van der Waals surface area contributed by atoms with Gasteiger partial charge in [-0.25, -0.2) is 9.79 Å². The van der Waals surface area contributed by atoms with Gasteiger partial charge < -0.3 is 4.74 Å². The number of hydrogen-bond acceptors (Lipinski definition) is 2. The van der Waals surface area contributed by atoms with Crippen LogP contribution in [0.5, 0.6) is 0 Å². The summed E-state index contributed by atoms with van der Waals surface area (Å²) in [4.78, 5) is 14.0. The normalized spacial score (nSPS) is 10.9. The molecule has 0 unspecified atom stereocenters. The van der Waals surface area contributed by atoms with Crippen LogP contribution in [0, 0.1) is 0 Å². The predicted molar refractivity (Wildman–Crippen MR) is 52.5 cm³/mol. The lowest BCUT2D eigenvalue weighted by Gasteiger charge is -1.98. The fourth-order valence-corrected chi connectivity index (χ4v) is 0.642. The molecule has 0 spiro atoms. The molecule has 0 saturated heterocycles. The van der Waals surface area contributed by atoms with Gasteiger partial charge in [-0.3, -0.25) is 0 Å². The molecule has 72 valence electrons. The van der Waals surface area contributed by atoms with E-state index in [2.05, 4.69) is 11.6 Å². The summed E-state index contributed by atoms with van der Waals surface area (Å²) in [5.41, 5.74) is 0.357. The number of esters is 1. The second kappa shape index (κ2) is 7.28. The molecule has 0 amide bonds. The molecule has 0 aliphatic carbocycles. The molecule has 0 saturated carbocycles. The van der Waals surface area contributed by atoms with Gasteiger partial charge in [0.1, 0.15) is 6.54 Å². The van der Waals surface area contributed by atoms with E-state index in [9.17, 15) is 4.79 Å². The minimum atomic E-state index is -0.372. The maximum Gasteiger partial charge on any atom is 0.337 e. The van der Waals surface area contributed by atoms with Crippen molar-refractivity contribution in [2.45, 2.75) is 13.8 Å². The van der Waals surface area contributed by atoms with Crippen LogP contribution in [0.2, 0.25) is 0 Å². The Morgan fingerprint density at radius 2 is 2.23 bits per heavy atom. The van der Waals surface area contributed by atoms with Crippen molar-refractivity contribution in [1.82, 2.24) is 0 Å². The zero-order chi connectivity index (χ0) is 10.1. The first kappa shape index (κ1) is 11.6. The number of allylic oxidation sites excluding steroid dienone is 1. The third-order valence-corrected chi connectivity index (χ3v) is 1.25. The molecule has 0 fully saturated rings. The first-order valence-electron chi connectivity index (χ1n) is 4.31. The fourth-order valence-electron chi connectivity index (χ4n) is 0.642. The van der Waals surface area contributed by atoms with Gasteiger partial charge in [-0.2, -0.15) is 0 Å². The average Bonchev–Trinajstić information content (AvgIpc) is 2.12. The van der Waals surface area contributed by atoms with Gasteiger partial charge in [-0.1, -0.05) is 6.58 Å². The Morgan fingerprint density at radius 1 is 1.54 bits per heavy atom. The summed E-state index contributed by atoms with van der Waals surface area (Å²) < 4.78 is 4.74. The Labute approximate surface area is 78.8 Å². The summed E-state index contributed by atoms with van der Waals surface area (Å²) in [7, 11) is 0. The van der Waals surface area contributed by atoms with Gasteiger partial charge in [0.15, 0.2) is 6.21 Å². The standard InChI is InChI=1S/C10H15NO2/c1-4-11-8-6-7-9(3)10(12)13-5-2/h6-8H,3-5H2,1-2H3/p+1/b7-6-,11-8?. The highest BCUT2D eigenvalue weighted by atomic mass is 16.5. The monoisotopic (exact) mass is 182 g/mol. The summed E-state index contributed by atoms with van der Waals surface area (Å²) in [5.74, 6) is -0.372. The lowest BCUT2D eigenvalue weighted by molar-refractivity contribution is -0.446. The van der Waals surface area contributed by atoms with E-state index in [4.69, 9.17) is 4.74 Å². The van der Waals surface area contributed by atoms with Crippen molar-refractivity contribution in [2.24, 2.45) is 0 Å². The van der Waals surface area contributed by atoms with Crippen molar-refractivity contribution in [1.29, 1.82) is 0 Å². The lowest BCUT2D eigenvalue weighted by Crippen LogP contribution is -2.67. The van der Waals surface area contributed by atoms with Crippen LogP contribution < -0.4 is 4.99 Å². The van der Waals surface area contributed by atoms with Crippen LogP contribution in [0.25, 0.3) is 0 Å². The average molecular weight is 182 g/mol. The minimum absolute atomic E-state index is 0.357. The van der Waals surface area contributed by atoms with E-state index in [1.807, 2.05) is 6.92 Å². The van der Waals surface area contributed by atoms with E-state index >= 15 is 0 Å². The van der Waals surface area contributed by atoms with Crippen LogP contribution in [0.3, 0.4) is 0 Å². The maximum atomic E-state index is 11.0. The molecule has 0 bridgehead atoms. The summed E-state index contributed by atoms with van der Waals surface area (Å²) in [6.07, 6.45) is 5.09. The van der Waals surface area contributed by atoms with Gasteiger partial charge in [-0.05, 0) is 19.9 Å². The minimum Gasteiger partial charge on any atom is -0.462 e. The van der Waals surface area contributed by atoms with Crippen LogP contribution >= 0.6 is 0 Å². The van der Waals surface area contributed by atoms with Gasteiger partial charge in [0.2, 0.25) is 0 Å². The van der Waals surface area contributed by atoms with E-state index in [0.717, 1.165) is 6.54 Å². The van der Waals surface area contributed by atoms with Crippen molar-refractivity contribution in [3.63, 3.8) is 0 Å². The number of rotatable bonds is 5. The molecule has 0 aromatic heterocycles. The Morgan fingerprint density at radius 3 is 2.77 bits per heavy atom. The van der Waals surface area contributed by atoms with Crippen LogP contribution in [0.15, 0.2) is 24.3 Å². The molecular formula is C10H16NO2+. The summed E-state index contributed by atoms with van der Waals surface area (Å²) in [5, 5.41) is 0. The molecule has 0 aromatic carbocycles. The SMILES string of the molecule is C=C(/C=C\C=[NH+]CC)C(=O)OCC. The Kier molecular flexibility index (Phi) is 6.51. The van der Waals surface area contributed by atoms with Crippen molar-refractivity contribution in [3.05, 3.63) is 24.3 Å². The van der Waals surface area contributed by atoms with E-state index in [1.54, 1.807) is 25.3 Å². The van der Waals surface area contributed by atoms with E-state index < -0.39 is 0 Å². The van der Waals surface area contributed by atoms with E-state index in [1.165, 1.54) is 0 Å². The molecule has 1 N–H and O–H groups in total. The van der Waals surface area contributed by atoms with E-state index in [-0.39, 0.29) is 5.97 Å². The van der Waals surface area contributed by atoms with Gasteiger partial charge in [0.25, 0.3) is 0 Å². The number of hydrogen-bond donors (Lipinski definition) is 1. The summed E-state index contributed by atoms with van der Waals surface area (Å²) >= 11 is 0. The third kappa shape index (κ3) is 5.84.